The van der Waals surface area contributed by atoms with E-state index in [1.807, 2.05) is 0 Å². The standard InChI is InChI=1S/C14H24N2O/c1-11-10-16(9-6-14(11)17)13-5-8-15-7-3-2-4-12(13)15/h11-13H,2-10H2,1H3. The van der Waals surface area contributed by atoms with E-state index >= 15 is 0 Å². The first-order valence-electron chi connectivity index (χ1n) is 7.26. The van der Waals surface area contributed by atoms with E-state index in [0.29, 0.717) is 5.78 Å². The first-order chi connectivity index (χ1) is 8.25. The van der Waals surface area contributed by atoms with Gasteiger partial charge in [-0.1, -0.05) is 13.3 Å². The Bertz CT molecular complexity index is 305. The number of likely N-dealkylation sites (tertiary alicyclic amines) is 1. The number of hydrogen-bond donors (Lipinski definition) is 0. The molecule has 3 saturated heterocycles. The normalized spacial score (nSPS) is 40.5. The Kier molecular flexibility index (Phi) is 3.22. The van der Waals surface area contributed by atoms with Crippen molar-refractivity contribution in [2.24, 2.45) is 5.92 Å². The lowest BCUT2D eigenvalue weighted by Gasteiger charge is -2.40. The number of piperidine rings is 2. The van der Waals surface area contributed by atoms with Gasteiger partial charge >= 0.3 is 0 Å². The number of nitrogens with zero attached hydrogens (tertiary/aromatic N) is 2. The quantitative estimate of drug-likeness (QED) is 0.690. The number of hydrogen-bond acceptors (Lipinski definition) is 3. The monoisotopic (exact) mass is 236 g/mol. The van der Waals surface area contributed by atoms with E-state index in [1.54, 1.807) is 0 Å². The second-order valence-corrected chi connectivity index (χ2v) is 6.07. The van der Waals surface area contributed by atoms with Crippen LogP contribution in [0.2, 0.25) is 0 Å². The fraction of sp³-hybridized carbons (Fsp3) is 0.929. The highest BCUT2D eigenvalue weighted by molar-refractivity contribution is 5.81. The molecule has 0 aliphatic carbocycles. The van der Waals surface area contributed by atoms with E-state index in [0.717, 1.165) is 31.6 Å². The third kappa shape index (κ3) is 2.15. The average Bonchev–Trinajstić information content (AvgIpc) is 2.76. The summed E-state index contributed by atoms with van der Waals surface area (Å²) >= 11 is 0. The molecule has 3 heterocycles. The van der Waals surface area contributed by atoms with Crippen LogP contribution in [0, 0.1) is 5.92 Å². The molecule has 0 amide bonds. The summed E-state index contributed by atoms with van der Waals surface area (Å²) in [7, 11) is 0. The molecule has 0 bridgehead atoms. The van der Waals surface area contributed by atoms with Crippen LogP contribution in [-0.2, 0) is 4.79 Å². The first-order valence-corrected chi connectivity index (χ1v) is 7.26. The molecule has 0 aromatic carbocycles. The molecule has 0 spiro atoms. The molecule has 96 valence electrons. The van der Waals surface area contributed by atoms with E-state index in [4.69, 9.17) is 0 Å². The lowest BCUT2D eigenvalue weighted by Crippen LogP contribution is -2.51. The van der Waals surface area contributed by atoms with Crippen molar-refractivity contribution in [3.05, 3.63) is 0 Å². The van der Waals surface area contributed by atoms with Crippen LogP contribution in [0.5, 0.6) is 0 Å². The van der Waals surface area contributed by atoms with Gasteiger partial charge in [-0.25, -0.2) is 0 Å². The Morgan fingerprint density at radius 1 is 1.00 bits per heavy atom. The maximum absolute atomic E-state index is 11.6. The summed E-state index contributed by atoms with van der Waals surface area (Å²) in [6, 6.07) is 1.54. The lowest BCUT2D eigenvalue weighted by atomic mass is 9.93. The smallest absolute Gasteiger partial charge is 0.138 e. The van der Waals surface area contributed by atoms with Gasteiger partial charge in [-0.3, -0.25) is 14.6 Å². The van der Waals surface area contributed by atoms with Crippen molar-refractivity contribution < 1.29 is 4.79 Å². The molecule has 3 nitrogen and oxygen atoms in total. The maximum atomic E-state index is 11.6. The molecule has 0 N–H and O–H groups in total. The van der Waals surface area contributed by atoms with E-state index in [9.17, 15) is 4.79 Å². The van der Waals surface area contributed by atoms with Gasteiger partial charge in [-0.15, -0.1) is 0 Å². The molecule has 3 atom stereocenters. The molecule has 0 saturated carbocycles. The Morgan fingerprint density at radius 2 is 1.82 bits per heavy atom. The number of carbonyl (C=O) groups is 1. The summed E-state index contributed by atoms with van der Waals surface area (Å²) in [5, 5.41) is 0. The van der Waals surface area contributed by atoms with Crippen LogP contribution < -0.4 is 0 Å². The summed E-state index contributed by atoms with van der Waals surface area (Å²) < 4.78 is 0. The number of carbonyl (C=O) groups excluding carboxylic acids is 1. The summed E-state index contributed by atoms with van der Waals surface area (Å²) in [5.74, 6) is 0.737. The van der Waals surface area contributed by atoms with Gasteiger partial charge in [0.1, 0.15) is 5.78 Å². The minimum Gasteiger partial charge on any atom is -0.299 e. The molecule has 3 unspecified atom stereocenters. The van der Waals surface area contributed by atoms with Crippen molar-refractivity contribution in [1.82, 2.24) is 9.80 Å². The van der Waals surface area contributed by atoms with Crippen molar-refractivity contribution in [3.8, 4) is 0 Å². The third-order valence-corrected chi connectivity index (χ3v) is 4.99. The molecule has 3 heteroatoms. The molecule has 0 aromatic rings. The molecule has 3 aliphatic heterocycles. The van der Waals surface area contributed by atoms with Gasteiger partial charge in [0.2, 0.25) is 0 Å². The fourth-order valence-corrected chi connectivity index (χ4v) is 3.99. The van der Waals surface area contributed by atoms with Gasteiger partial charge in [0.25, 0.3) is 0 Å². The highest BCUT2D eigenvalue weighted by Crippen LogP contribution is 2.32. The van der Waals surface area contributed by atoms with Crippen LogP contribution in [0.1, 0.15) is 39.0 Å². The Morgan fingerprint density at radius 3 is 2.65 bits per heavy atom. The largest absolute Gasteiger partial charge is 0.299 e. The van der Waals surface area contributed by atoms with Crippen molar-refractivity contribution >= 4 is 5.78 Å². The highest BCUT2D eigenvalue weighted by Gasteiger charge is 2.40. The second kappa shape index (κ2) is 4.69. The minimum absolute atomic E-state index is 0.265. The van der Waals surface area contributed by atoms with Crippen LogP contribution in [0.15, 0.2) is 0 Å². The SMILES string of the molecule is CC1CN(C2CCN3CCCCC23)CCC1=O. The third-order valence-electron chi connectivity index (χ3n) is 4.99. The van der Waals surface area contributed by atoms with Crippen LogP contribution in [-0.4, -0.2) is 53.8 Å². The maximum Gasteiger partial charge on any atom is 0.138 e. The van der Waals surface area contributed by atoms with Crippen LogP contribution in [0.25, 0.3) is 0 Å². The highest BCUT2D eigenvalue weighted by atomic mass is 16.1. The van der Waals surface area contributed by atoms with Gasteiger partial charge in [0.05, 0.1) is 0 Å². The predicted octanol–water partition coefficient (Wildman–Crippen LogP) is 1.52. The van der Waals surface area contributed by atoms with Crippen LogP contribution in [0.3, 0.4) is 0 Å². The summed E-state index contributed by atoms with van der Waals surface area (Å²) in [5.41, 5.74) is 0. The summed E-state index contributed by atoms with van der Waals surface area (Å²) in [6.07, 6.45) is 6.28. The first kappa shape index (κ1) is 11.7. The molecular formula is C14H24N2O. The van der Waals surface area contributed by atoms with Crippen molar-refractivity contribution in [1.29, 1.82) is 0 Å². The molecule has 0 radical (unpaired) electrons. The predicted molar refractivity (Wildman–Crippen MR) is 68.0 cm³/mol. The Labute approximate surface area is 104 Å². The number of ketones is 1. The minimum atomic E-state index is 0.265. The van der Waals surface area contributed by atoms with E-state index in [2.05, 4.69) is 16.7 Å². The number of rotatable bonds is 1. The van der Waals surface area contributed by atoms with Crippen molar-refractivity contribution in [3.63, 3.8) is 0 Å². The topological polar surface area (TPSA) is 23.6 Å². The van der Waals surface area contributed by atoms with E-state index in [-0.39, 0.29) is 5.92 Å². The molecular weight excluding hydrogens is 212 g/mol. The van der Waals surface area contributed by atoms with Crippen molar-refractivity contribution in [2.75, 3.05) is 26.2 Å². The van der Waals surface area contributed by atoms with Gasteiger partial charge in [-0.05, 0) is 25.8 Å². The zero-order valence-corrected chi connectivity index (χ0v) is 10.9. The van der Waals surface area contributed by atoms with E-state index < -0.39 is 0 Å². The zero-order chi connectivity index (χ0) is 11.8. The lowest BCUT2D eigenvalue weighted by molar-refractivity contribution is -0.126. The summed E-state index contributed by atoms with van der Waals surface area (Å²) in [6.45, 7) is 6.71. The average molecular weight is 236 g/mol. The van der Waals surface area contributed by atoms with Gasteiger partial charge in [0.15, 0.2) is 0 Å². The second-order valence-electron chi connectivity index (χ2n) is 6.07. The summed E-state index contributed by atoms with van der Waals surface area (Å²) in [4.78, 5) is 16.9. The van der Waals surface area contributed by atoms with E-state index in [1.165, 1.54) is 38.8 Å². The Balaban J connectivity index is 1.66. The Hall–Kier alpha value is -0.410. The molecule has 3 aliphatic rings. The van der Waals surface area contributed by atoms with Gasteiger partial charge in [-0.2, -0.15) is 0 Å². The molecule has 0 aromatic heterocycles. The van der Waals surface area contributed by atoms with Crippen molar-refractivity contribution in [2.45, 2.75) is 51.1 Å². The zero-order valence-electron chi connectivity index (χ0n) is 10.9. The molecule has 3 rings (SSSR count). The number of fused-ring (bicyclic) bond motifs is 1. The van der Waals surface area contributed by atoms with Crippen LogP contribution in [0.4, 0.5) is 0 Å². The number of Topliss-reactive ketones (excluding diaryl/α,β-unsaturated/α-hetero) is 1. The molecule has 3 fully saturated rings. The van der Waals surface area contributed by atoms with Gasteiger partial charge < -0.3 is 0 Å². The van der Waals surface area contributed by atoms with Gasteiger partial charge in [0, 0.05) is 44.1 Å². The fourth-order valence-electron chi connectivity index (χ4n) is 3.99. The van der Waals surface area contributed by atoms with Crippen LogP contribution >= 0.6 is 0 Å². The molecule has 17 heavy (non-hydrogen) atoms.